The molecule has 0 spiro atoms. The van der Waals surface area contributed by atoms with Crippen molar-refractivity contribution in [2.75, 3.05) is 7.05 Å². The average molecular weight is 264 g/mol. The van der Waals surface area contributed by atoms with E-state index in [1.807, 2.05) is 13.0 Å². The van der Waals surface area contributed by atoms with Crippen LogP contribution in [0, 0.1) is 6.92 Å². The highest BCUT2D eigenvalue weighted by atomic mass is 32.2. The van der Waals surface area contributed by atoms with Gasteiger partial charge >= 0.3 is 0 Å². The molecule has 1 aromatic heterocycles. The molecule has 2 aromatic rings. The number of rotatable bonds is 0. The first-order chi connectivity index (χ1) is 8.50. The highest BCUT2D eigenvalue weighted by Crippen LogP contribution is 2.28. The van der Waals surface area contributed by atoms with E-state index in [1.165, 1.54) is 4.31 Å². The van der Waals surface area contributed by atoms with Gasteiger partial charge in [0.25, 0.3) is 0 Å². The van der Waals surface area contributed by atoms with Crippen molar-refractivity contribution in [3.63, 3.8) is 0 Å². The van der Waals surface area contributed by atoms with Crippen molar-refractivity contribution in [1.29, 1.82) is 0 Å². The lowest BCUT2D eigenvalue weighted by atomic mass is 10.2. The van der Waals surface area contributed by atoms with Gasteiger partial charge in [-0.3, -0.25) is 0 Å². The standard InChI is InChI=1S/C11H12N4O2S/c1-8-3-4-11-10(5-8)15-9(6-12-13-15)7-14(2)18(11,16)17/h3-6H,7H2,1-2H3. The SMILES string of the molecule is Cc1ccc2c(c1)-n1nncc1CN(C)S2(=O)=O. The summed E-state index contributed by atoms with van der Waals surface area (Å²) in [5, 5.41) is 7.82. The average Bonchev–Trinajstić information content (AvgIpc) is 2.73. The maximum atomic E-state index is 12.4. The number of nitrogens with zero attached hydrogens (tertiary/aromatic N) is 4. The van der Waals surface area contributed by atoms with E-state index in [0.717, 1.165) is 11.3 Å². The normalized spacial score (nSPS) is 17.9. The first kappa shape index (κ1) is 11.4. The lowest BCUT2D eigenvalue weighted by molar-refractivity contribution is 0.464. The van der Waals surface area contributed by atoms with E-state index in [1.54, 1.807) is 30.1 Å². The molecule has 1 aliphatic rings. The van der Waals surface area contributed by atoms with Gasteiger partial charge in [0.2, 0.25) is 10.0 Å². The number of fused-ring (bicyclic) bond motifs is 3. The zero-order chi connectivity index (χ0) is 12.9. The summed E-state index contributed by atoms with van der Waals surface area (Å²) in [5.41, 5.74) is 2.30. The summed E-state index contributed by atoms with van der Waals surface area (Å²) in [6.45, 7) is 2.18. The highest BCUT2D eigenvalue weighted by Gasteiger charge is 2.30. The Morgan fingerprint density at radius 3 is 2.89 bits per heavy atom. The molecular weight excluding hydrogens is 252 g/mol. The van der Waals surface area contributed by atoms with Gasteiger partial charge in [0.15, 0.2) is 0 Å². The molecule has 0 N–H and O–H groups in total. The van der Waals surface area contributed by atoms with Crippen LogP contribution in [0.1, 0.15) is 11.3 Å². The van der Waals surface area contributed by atoms with Gasteiger partial charge in [0, 0.05) is 7.05 Å². The van der Waals surface area contributed by atoms with Crippen LogP contribution < -0.4 is 0 Å². The minimum Gasteiger partial charge on any atom is -0.215 e. The number of hydrogen-bond acceptors (Lipinski definition) is 4. The third-order valence-electron chi connectivity index (χ3n) is 3.04. The van der Waals surface area contributed by atoms with Crippen LogP contribution >= 0.6 is 0 Å². The molecule has 0 amide bonds. The quantitative estimate of drug-likeness (QED) is 0.702. The number of benzene rings is 1. The molecular formula is C11H12N4O2S. The second-order valence-corrected chi connectivity index (χ2v) is 6.38. The van der Waals surface area contributed by atoms with Gasteiger partial charge in [-0.05, 0) is 24.6 Å². The molecule has 0 atom stereocenters. The second-order valence-electron chi connectivity index (χ2n) is 4.37. The topological polar surface area (TPSA) is 68.1 Å². The van der Waals surface area contributed by atoms with Gasteiger partial charge in [0.1, 0.15) is 4.90 Å². The summed E-state index contributed by atoms with van der Waals surface area (Å²) in [6, 6.07) is 5.21. The van der Waals surface area contributed by atoms with Crippen molar-refractivity contribution in [2.45, 2.75) is 18.4 Å². The van der Waals surface area contributed by atoms with Gasteiger partial charge < -0.3 is 0 Å². The van der Waals surface area contributed by atoms with Gasteiger partial charge in [-0.1, -0.05) is 11.3 Å². The third kappa shape index (κ3) is 1.48. The summed E-state index contributed by atoms with van der Waals surface area (Å²) in [5.74, 6) is 0. The minimum absolute atomic E-state index is 0.264. The van der Waals surface area contributed by atoms with Gasteiger partial charge in [-0.15, -0.1) is 5.10 Å². The second kappa shape index (κ2) is 3.63. The summed E-state index contributed by atoms with van der Waals surface area (Å²) in [4.78, 5) is 0.264. The maximum absolute atomic E-state index is 12.4. The number of aromatic nitrogens is 3. The highest BCUT2D eigenvalue weighted by molar-refractivity contribution is 7.89. The Kier molecular flexibility index (Phi) is 2.29. The number of hydrogen-bond donors (Lipinski definition) is 0. The Morgan fingerprint density at radius 1 is 1.33 bits per heavy atom. The molecule has 18 heavy (non-hydrogen) atoms. The van der Waals surface area contributed by atoms with Crippen LogP contribution in [0.3, 0.4) is 0 Å². The molecule has 1 aliphatic heterocycles. The van der Waals surface area contributed by atoms with Crippen molar-refractivity contribution in [3.8, 4) is 5.69 Å². The Labute approximate surface area is 105 Å². The van der Waals surface area contributed by atoms with E-state index < -0.39 is 10.0 Å². The van der Waals surface area contributed by atoms with Gasteiger partial charge in [-0.25, -0.2) is 13.1 Å². The first-order valence-electron chi connectivity index (χ1n) is 5.47. The first-order valence-corrected chi connectivity index (χ1v) is 6.91. The molecule has 0 unspecified atom stereocenters. The Balaban J connectivity index is 2.41. The van der Waals surface area contributed by atoms with Crippen LogP contribution in [0.5, 0.6) is 0 Å². The van der Waals surface area contributed by atoms with Crippen molar-refractivity contribution >= 4 is 10.0 Å². The molecule has 0 saturated heterocycles. The lowest BCUT2D eigenvalue weighted by Gasteiger charge is -2.13. The van der Waals surface area contributed by atoms with Crippen LogP contribution in [0.4, 0.5) is 0 Å². The smallest absolute Gasteiger partial charge is 0.215 e. The molecule has 0 radical (unpaired) electrons. The van der Waals surface area contributed by atoms with E-state index in [4.69, 9.17) is 0 Å². The summed E-state index contributed by atoms with van der Waals surface area (Å²) in [6.07, 6.45) is 1.59. The van der Waals surface area contributed by atoms with Crippen LogP contribution in [-0.4, -0.2) is 34.8 Å². The van der Waals surface area contributed by atoms with Crippen molar-refractivity contribution in [3.05, 3.63) is 35.7 Å². The van der Waals surface area contributed by atoms with E-state index in [9.17, 15) is 8.42 Å². The Hall–Kier alpha value is -1.73. The molecule has 6 nitrogen and oxygen atoms in total. The molecule has 0 saturated carbocycles. The van der Waals surface area contributed by atoms with E-state index in [0.29, 0.717) is 5.69 Å². The largest absolute Gasteiger partial charge is 0.245 e. The molecule has 0 aliphatic carbocycles. The van der Waals surface area contributed by atoms with Crippen molar-refractivity contribution in [2.24, 2.45) is 0 Å². The molecule has 0 fully saturated rings. The van der Waals surface area contributed by atoms with E-state index >= 15 is 0 Å². The predicted molar refractivity (Wildman–Crippen MR) is 64.7 cm³/mol. The number of aryl methyl sites for hydroxylation is 1. The minimum atomic E-state index is -3.47. The van der Waals surface area contributed by atoms with Crippen molar-refractivity contribution < 1.29 is 8.42 Å². The van der Waals surface area contributed by atoms with E-state index in [-0.39, 0.29) is 11.4 Å². The van der Waals surface area contributed by atoms with Crippen LogP contribution in [-0.2, 0) is 16.6 Å². The number of sulfonamides is 1. The molecule has 94 valence electrons. The maximum Gasteiger partial charge on any atom is 0.245 e. The fourth-order valence-corrected chi connectivity index (χ4v) is 3.35. The summed E-state index contributed by atoms with van der Waals surface area (Å²) >= 11 is 0. The van der Waals surface area contributed by atoms with Gasteiger partial charge in [-0.2, -0.15) is 4.31 Å². The predicted octanol–water partition coefficient (Wildman–Crippen LogP) is 0.710. The third-order valence-corrected chi connectivity index (χ3v) is 4.89. The monoisotopic (exact) mass is 264 g/mol. The van der Waals surface area contributed by atoms with Crippen molar-refractivity contribution in [1.82, 2.24) is 19.3 Å². The molecule has 3 rings (SSSR count). The molecule has 0 bridgehead atoms. The lowest BCUT2D eigenvalue weighted by Crippen LogP contribution is -2.25. The molecule has 2 heterocycles. The Morgan fingerprint density at radius 2 is 2.11 bits per heavy atom. The zero-order valence-corrected chi connectivity index (χ0v) is 10.8. The van der Waals surface area contributed by atoms with Crippen LogP contribution in [0.15, 0.2) is 29.3 Å². The Bertz CT molecular complexity index is 720. The molecule has 1 aromatic carbocycles. The van der Waals surface area contributed by atoms with E-state index in [2.05, 4.69) is 10.3 Å². The van der Waals surface area contributed by atoms with Crippen LogP contribution in [0.2, 0.25) is 0 Å². The fraction of sp³-hybridized carbons (Fsp3) is 0.273. The zero-order valence-electron chi connectivity index (χ0n) is 10.0. The fourth-order valence-electron chi connectivity index (χ4n) is 2.06. The van der Waals surface area contributed by atoms with Crippen LogP contribution in [0.25, 0.3) is 5.69 Å². The molecule has 7 heteroatoms. The summed E-state index contributed by atoms with van der Waals surface area (Å²) in [7, 11) is -1.91. The van der Waals surface area contributed by atoms with Gasteiger partial charge in [0.05, 0.1) is 24.1 Å². The summed E-state index contributed by atoms with van der Waals surface area (Å²) < 4.78 is 27.6.